The summed E-state index contributed by atoms with van der Waals surface area (Å²) in [6, 6.07) is 12.9. The zero-order chi connectivity index (χ0) is 22.1. The lowest BCUT2D eigenvalue weighted by molar-refractivity contribution is -0.130. The van der Waals surface area contributed by atoms with Gasteiger partial charge in [-0.15, -0.1) is 0 Å². The molecule has 160 valence electrons. The van der Waals surface area contributed by atoms with E-state index in [2.05, 4.69) is 5.32 Å². The van der Waals surface area contributed by atoms with Crippen LogP contribution in [0.2, 0.25) is 5.02 Å². The fourth-order valence-electron chi connectivity index (χ4n) is 2.98. The van der Waals surface area contributed by atoms with Crippen molar-refractivity contribution in [2.75, 3.05) is 25.0 Å². The monoisotopic (exact) mass is 430 g/mol. The van der Waals surface area contributed by atoms with E-state index < -0.39 is 17.9 Å². The number of carbonyl (C=O) groups is 3. The van der Waals surface area contributed by atoms with Crippen molar-refractivity contribution in [2.45, 2.75) is 25.3 Å². The Labute approximate surface area is 181 Å². The SMILES string of the molecule is CN(CC(=O)NC(=O)[C@@H](N)CCCCN)c1ccc(Cl)cc1C(=O)c1ccccc1. The molecule has 0 aliphatic rings. The lowest BCUT2D eigenvalue weighted by Gasteiger charge is -2.22. The Kier molecular flexibility index (Phi) is 8.98. The second-order valence-corrected chi connectivity index (χ2v) is 7.45. The molecular formula is C22H27ClN4O3. The van der Waals surface area contributed by atoms with Crippen LogP contribution in [0, 0.1) is 0 Å². The van der Waals surface area contributed by atoms with Gasteiger partial charge < -0.3 is 16.4 Å². The Morgan fingerprint density at radius 1 is 1.10 bits per heavy atom. The number of imide groups is 1. The molecule has 2 aromatic carbocycles. The smallest absolute Gasteiger partial charge is 0.246 e. The van der Waals surface area contributed by atoms with Crippen molar-refractivity contribution < 1.29 is 14.4 Å². The van der Waals surface area contributed by atoms with E-state index in [1.54, 1.807) is 54.4 Å². The maximum atomic E-state index is 12.9. The van der Waals surface area contributed by atoms with E-state index in [1.165, 1.54) is 0 Å². The minimum Gasteiger partial charge on any atom is -0.365 e. The standard InChI is InChI=1S/C22H27ClN4O3/c1-27(14-20(28)26-22(30)18(25)9-5-6-12-24)19-11-10-16(23)13-17(19)21(29)15-7-3-2-4-8-15/h2-4,7-8,10-11,13,18H,5-6,9,12,14,24-25H2,1H3,(H,26,28,30)/t18-/m0/s1. The number of likely N-dealkylation sites (N-methyl/N-ethyl adjacent to an activating group) is 1. The molecule has 2 amide bonds. The first-order chi connectivity index (χ1) is 14.3. The summed E-state index contributed by atoms with van der Waals surface area (Å²) in [5, 5.41) is 2.72. The van der Waals surface area contributed by atoms with Gasteiger partial charge in [-0.3, -0.25) is 19.7 Å². The van der Waals surface area contributed by atoms with Crippen LogP contribution in [0.25, 0.3) is 0 Å². The molecule has 0 fully saturated rings. The quantitative estimate of drug-likeness (QED) is 0.392. The molecule has 0 saturated carbocycles. The number of anilines is 1. The van der Waals surface area contributed by atoms with Gasteiger partial charge in [0.1, 0.15) is 0 Å². The van der Waals surface area contributed by atoms with Gasteiger partial charge in [-0.1, -0.05) is 48.4 Å². The second kappa shape index (κ2) is 11.4. The number of ketones is 1. The molecule has 2 rings (SSSR count). The summed E-state index contributed by atoms with van der Waals surface area (Å²) < 4.78 is 0. The summed E-state index contributed by atoms with van der Waals surface area (Å²) in [5.74, 6) is -1.25. The molecule has 7 nitrogen and oxygen atoms in total. The third-order valence-corrected chi connectivity index (χ3v) is 4.83. The third kappa shape index (κ3) is 6.66. The minimum atomic E-state index is -0.767. The number of hydrogen-bond acceptors (Lipinski definition) is 6. The molecule has 0 heterocycles. The van der Waals surface area contributed by atoms with Crippen molar-refractivity contribution in [1.82, 2.24) is 5.32 Å². The van der Waals surface area contributed by atoms with Gasteiger partial charge >= 0.3 is 0 Å². The number of unbranched alkanes of at least 4 members (excludes halogenated alkanes) is 1. The third-order valence-electron chi connectivity index (χ3n) is 4.60. The number of nitrogens with zero attached hydrogens (tertiary/aromatic N) is 1. The summed E-state index contributed by atoms with van der Waals surface area (Å²) in [6.45, 7) is 0.404. The second-order valence-electron chi connectivity index (χ2n) is 7.02. The van der Waals surface area contributed by atoms with Crippen molar-refractivity contribution in [3.8, 4) is 0 Å². The molecule has 0 aliphatic heterocycles. The van der Waals surface area contributed by atoms with Crippen LogP contribution in [-0.4, -0.2) is 43.8 Å². The molecule has 2 aromatic rings. The van der Waals surface area contributed by atoms with Gasteiger partial charge in [-0.2, -0.15) is 0 Å². The first-order valence-electron chi connectivity index (χ1n) is 9.73. The highest BCUT2D eigenvalue weighted by Gasteiger charge is 2.20. The molecule has 8 heteroatoms. The number of carbonyl (C=O) groups excluding carboxylic acids is 3. The average molecular weight is 431 g/mol. The molecule has 1 atom stereocenters. The highest BCUT2D eigenvalue weighted by Crippen LogP contribution is 2.26. The Morgan fingerprint density at radius 3 is 2.47 bits per heavy atom. The summed E-state index contributed by atoms with van der Waals surface area (Å²) in [5.41, 5.74) is 12.7. The zero-order valence-corrected chi connectivity index (χ0v) is 17.7. The van der Waals surface area contributed by atoms with E-state index in [0.29, 0.717) is 34.8 Å². The number of amides is 2. The van der Waals surface area contributed by atoms with Crippen LogP contribution in [0.4, 0.5) is 5.69 Å². The van der Waals surface area contributed by atoms with Crippen molar-refractivity contribution in [1.29, 1.82) is 0 Å². The maximum absolute atomic E-state index is 12.9. The van der Waals surface area contributed by atoms with Gasteiger partial charge in [0.2, 0.25) is 11.8 Å². The Morgan fingerprint density at radius 2 is 1.80 bits per heavy atom. The molecule has 0 radical (unpaired) electrons. The lowest BCUT2D eigenvalue weighted by atomic mass is 10.0. The first-order valence-corrected chi connectivity index (χ1v) is 10.1. The Hall–Kier alpha value is -2.74. The molecule has 0 aliphatic carbocycles. The number of hydrogen-bond donors (Lipinski definition) is 3. The predicted molar refractivity (Wildman–Crippen MR) is 119 cm³/mol. The molecule has 0 spiro atoms. The highest BCUT2D eigenvalue weighted by molar-refractivity contribution is 6.31. The van der Waals surface area contributed by atoms with Gasteiger partial charge in [0.25, 0.3) is 0 Å². The van der Waals surface area contributed by atoms with Crippen molar-refractivity contribution >= 4 is 34.9 Å². The van der Waals surface area contributed by atoms with Gasteiger partial charge in [0, 0.05) is 28.9 Å². The molecule has 30 heavy (non-hydrogen) atoms. The van der Waals surface area contributed by atoms with Crippen LogP contribution >= 0.6 is 11.6 Å². The van der Waals surface area contributed by atoms with Crippen LogP contribution in [-0.2, 0) is 9.59 Å². The summed E-state index contributed by atoms with van der Waals surface area (Å²) in [7, 11) is 1.66. The molecule has 0 aromatic heterocycles. The van der Waals surface area contributed by atoms with Gasteiger partial charge in [0.15, 0.2) is 5.78 Å². The number of rotatable bonds is 10. The first kappa shape index (κ1) is 23.5. The fourth-order valence-corrected chi connectivity index (χ4v) is 3.15. The summed E-state index contributed by atoms with van der Waals surface area (Å²) in [4.78, 5) is 39.0. The number of benzene rings is 2. The topological polar surface area (TPSA) is 119 Å². The van der Waals surface area contributed by atoms with Gasteiger partial charge in [-0.05, 0) is 37.6 Å². The number of halogens is 1. The average Bonchev–Trinajstić information content (AvgIpc) is 2.73. The molecular weight excluding hydrogens is 404 g/mol. The normalized spacial score (nSPS) is 11.6. The van der Waals surface area contributed by atoms with Crippen LogP contribution in [0.15, 0.2) is 48.5 Å². The summed E-state index contributed by atoms with van der Waals surface area (Å²) >= 11 is 6.10. The number of nitrogens with one attached hydrogen (secondary N) is 1. The predicted octanol–water partition coefficient (Wildman–Crippen LogP) is 2.11. The molecule has 0 saturated heterocycles. The minimum absolute atomic E-state index is 0.127. The van der Waals surface area contributed by atoms with Crippen LogP contribution in [0.1, 0.15) is 35.2 Å². The van der Waals surface area contributed by atoms with E-state index >= 15 is 0 Å². The van der Waals surface area contributed by atoms with Crippen LogP contribution in [0.5, 0.6) is 0 Å². The molecule has 5 N–H and O–H groups in total. The summed E-state index contributed by atoms with van der Waals surface area (Å²) in [6.07, 6.45) is 1.94. The molecule has 0 unspecified atom stereocenters. The molecule has 0 bridgehead atoms. The highest BCUT2D eigenvalue weighted by atomic mass is 35.5. The largest absolute Gasteiger partial charge is 0.365 e. The van der Waals surface area contributed by atoms with Crippen molar-refractivity contribution in [2.24, 2.45) is 11.5 Å². The zero-order valence-electron chi connectivity index (χ0n) is 16.9. The van der Waals surface area contributed by atoms with Gasteiger partial charge in [-0.25, -0.2) is 0 Å². The maximum Gasteiger partial charge on any atom is 0.246 e. The van der Waals surface area contributed by atoms with E-state index in [1.807, 2.05) is 6.07 Å². The van der Waals surface area contributed by atoms with Gasteiger partial charge in [0.05, 0.1) is 12.6 Å². The van der Waals surface area contributed by atoms with E-state index in [4.69, 9.17) is 23.1 Å². The van der Waals surface area contributed by atoms with E-state index in [-0.39, 0.29) is 12.3 Å². The van der Waals surface area contributed by atoms with E-state index in [0.717, 1.165) is 12.8 Å². The van der Waals surface area contributed by atoms with Crippen molar-refractivity contribution in [3.63, 3.8) is 0 Å². The van der Waals surface area contributed by atoms with Crippen molar-refractivity contribution in [3.05, 3.63) is 64.7 Å². The number of nitrogens with two attached hydrogens (primary N) is 2. The fraction of sp³-hybridized carbons (Fsp3) is 0.318. The van der Waals surface area contributed by atoms with Crippen LogP contribution < -0.4 is 21.7 Å². The lowest BCUT2D eigenvalue weighted by Crippen LogP contribution is -2.46. The van der Waals surface area contributed by atoms with E-state index in [9.17, 15) is 14.4 Å². The van der Waals surface area contributed by atoms with Crippen LogP contribution in [0.3, 0.4) is 0 Å². The Balaban J connectivity index is 2.08. The Bertz CT molecular complexity index is 889.